The van der Waals surface area contributed by atoms with Gasteiger partial charge in [-0.05, 0) is 19.4 Å². The molecule has 1 aromatic rings. The third kappa shape index (κ3) is 1.55. The van der Waals surface area contributed by atoms with E-state index in [1.807, 2.05) is 0 Å². The lowest BCUT2D eigenvalue weighted by Crippen LogP contribution is -2.10. The maximum absolute atomic E-state index is 11.1. The molecular formula is C8H10N2O2S. The van der Waals surface area contributed by atoms with Crippen molar-refractivity contribution in [1.29, 1.82) is 0 Å². The molecule has 0 radical (unpaired) electrons. The summed E-state index contributed by atoms with van der Waals surface area (Å²) in [6, 6.07) is 0. The van der Waals surface area contributed by atoms with Gasteiger partial charge in [0.1, 0.15) is 0 Å². The highest BCUT2D eigenvalue weighted by Crippen LogP contribution is 2.30. The maximum atomic E-state index is 11.1. The van der Waals surface area contributed by atoms with Gasteiger partial charge in [-0.3, -0.25) is 9.59 Å². The second kappa shape index (κ2) is 3.18. The van der Waals surface area contributed by atoms with Crippen molar-refractivity contribution in [2.75, 3.05) is 5.73 Å². The summed E-state index contributed by atoms with van der Waals surface area (Å²) in [5.41, 5.74) is 11.7. The normalized spacial score (nSPS) is 10.0. The lowest BCUT2D eigenvalue weighted by molar-refractivity contribution is 0.100. The minimum absolute atomic E-state index is 0.140. The fourth-order valence-electron chi connectivity index (χ4n) is 1.21. The van der Waals surface area contributed by atoms with E-state index in [0.717, 1.165) is 11.3 Å². The molecule has 0 aromatic carbocycles. The standard InChI is InChI=1S/C8H10N2O2S/c1-3-5(4(2)11)8(10)13-6(3)7(9)12/h10H2,1-2H3,(H2,9,12). The monoisotopic (exact) mass is 198 g/mol. The second-order valence-electron chi connectivity index (χ2n) is 2.72. The van der Waals surface area contributed by atoms with Crippen LogP contribution in [0.25, 0.3) is 0 Å². The van der Waals surface area contributed by atoms with Crippen LogP contribution < -0.4 is 11.5 Å². The highest BCUT2D eigenvalue weighted by atomic mass is 32.1. The Morgan fingerprint density at radius 3 is 2.15 bits per heavy atom. The molecule has 1 amide bonds. The highest BCUT2D eigenvalue weighted by molar-refractivity contribution is 7.18. The van der Waals surface area contributed by atoms with Gasteiger partial charge >= 0.3 is 0 Å². The van der Waals surface area contributed by atoms with E-state index in [-0.39, 0.29) is 5.78 Å². The van der Waals surface area contributed by atoms with E-state index in [4.69, 9.17) is 11.5 Å². The lowest BCUT2D eigenvalue weighted by atomic mass is 10.1. The number of nitrogens with two attached hydrogens (primary N) is 2. The van der Waals surface area contributed by atoms with Crippen LogP contribution in [0.15, 0.2) is 0 Å². The molecule has 1 rings (SSSR count). The van der Waals surface area contributed by atoms with Crippen LogP contribution in [-0.2, 0) is 0 Å². The summed E-state index contributed by atoms with van der Waals surface area (Å²) < 4.78 is 0. The Morgan fingerprint density at radius 2 is 1.92 bits per heavy atom. The van der Waals surface area contributed by atoms with E-state index in [0.29, 0.717) is 21.0 Å². The van der Waals surface area contributed by atoms with E-state index < -0.39 is 5.91 Å². The van der Waals surface area contributed by atoms with Gasteiger partial charge in [0.2, 0.25) is 0 Å². The summed E-state index contributed by atoms with van der Waals surface area (Å²) in [6.45, 7) is 3.08. The smallest absolute Gasteiger partial charge is 0.259 e. The SMILES string of the molecule is CC(=O)c1c(N)sc(C(N)=O)c1C. The van der Waals surface area contributed by atoms with Crippen molar-refractivity contribution in [3.05, 3.63) is 16.0 Å². The van der Waals surface area contributed by atoms with Gasteiger partial charge in [0, 0.05) is 0 Å². The topological polar surface area (TPSA) is 86.2 Å². The van der Waals surface area contributed by atoms with Gasteiger partial charge in [0.25, 0.3) is 5.91 Å². The minimum Gasteiger partial charge on any atom is -0.390 e. The molecule has 0 aliphatic carbocycles. The number of carbonyl (C=O) groups excluding carboxylic acids is 2. The van der Waals surface area contributed by atoms with Gasteiger partial charge in [0.15, 0.2) is 5.78 Å². The average molecular weight is 198 g/mol. The Kier molecular flexibility index (Phi) is 2.38. The Hall–Kier alpha value is -1.36. The predicted molar refractivity (Wildman–Crippen MR) is 52.0 cm³/mol. The minimum atomic E-state index is -0.540. The van der Waals surface area contributed by atoms with Crippen LogP contribution in [0.5, 0.6) is 0 Å². The van der Waals surface area contributed by atoms with E-state index >= 15 is 0 Å². The van der Waals surface area contributed by atoms with E-state index in [2.05, 4.69) is 0 Å². The van der Waals surface area contributed by atoms with Crippen molar-refractivity contribution in [2.24, 2.45) is 5.73 Å². The van der Waals surface area contributed by atoms with Crippen molar-refractivity contribution in [1.82, 2.24) is 0 Å². The van der Waals surface area contributed by atoms with Gasteiger partial charge in [-0.15, -0.1) is 11.3 Å². The molecule has 0 unspecified atom stereocenters. The van der Waals surface area contributed by atoms with Crippen molar-refractivity contribution in [3.8, 4) is 0 Å². The zero-order valence-corrected chi connectivity index (χ0v) is 8.20. The first-order chi connectivity index (χ1) is 5.95. The van der Waals surface area contributed by atoms with Crippen molar-refractivity contribution in [2.45, 2.75) is 13.8 Å². The van der Waals surface area contributed by atoms with Gasteiger partial charge in [-0.1, -0.05) is 0 Å². The number of thiophene rings is 1. The number of carbonyl (C=O) groups is 2. The lowest BCUT2D eigenvalue weighted by Gasteiger charge is -1.95. The summed E-state index contributed by atoms with van der Waals surface area (Å²) >= 11 is 1.06. The zero-order valence-electron chi connectivity index (χ0n) is 7.38. The third-order valence-corrected chi connectivity index (χ3v) is 2.89. The number of amides is 1. The number of hydrogen-bond acceptors (Lipinski definition) is 4. The average Bonchev–Trinajstić information content (AvgIpc) is 2.26. The Morgan fingerprint density at radius 1 is 1.38 bits per heavy atom. The first-order valence-electron chi connectivity index (χ1n) is 3.64. The van der Waals surface area contributed by atoms with Crippen molar-refractivity contribution in [3.63, 3.8) is 0 Å². The third-order valence-electron chi connectivity index (χ3n) is 1.75. The fourth-order valence-corrected chi connectivity index (χ4v) is 2.18. The summed E-state index contributed by atoms with van der Waals surface area (Å²) in [4.78, 5) is 22.3. The molecule has 1 heterocycles. The van der Waals surface area contributed by atoms with E-state index in [1.54, 1.807) is 6.92 Å². The fraction of sp³-hybridized carbons (Fsp3) is 0.250. The van der Waals surface area contributed by atoms with Gasteiger partial charge in [-0.25, -0.2) is 0 Å². The number of primary amides is 1. The van der Waals surface area contributed by atoms with Gasteiger partial charge in [-0.2, -0.15) is 0 Å². The second-order valence-corrected chi connectivity index (χ2v) is 3.77. The number of nitrogen functional groups attached to an aromatic ring is 1. The molecule has 4 N–H and O–H groups in total. The number of rotatable bonds is 2. The molecule has 0 spiro atoms. The molecule has 5 heteroatoms. The van der Waals surface area contributed by atoms with Gasteiger partial charge in [0.05, 0.1) is 15.4 Å². The Balaban J connectivity index is 3.39. The van der Waals surface area contributed by atoms with Crippen molar-refractivity contribution >= 4 is 28.0 Å². The van der Waals surface area contributed by atoms with Crippen molar-refractivity contribution < 1.29 is 9.59 Å². The van der Waals surface area contributed by atoms with Crippen LogP contribution in [0, 0.1) is 6.92 Å². The molecule has 1 aromatic heterocycles. The van der Waals surface area contributed by atoms with Crippen LogP contribution in [0.2, 0.25) is 0 Å². The molecule has 0 fully saturated rings. The number of anilines is 1. The first kappa shape index (κ1) is 9.73. The molecule has 0 saturated carbocycles. The van der Waals surface area contributed by atoms with E-state index in [9.17, 15) is 9.59 Å². The molecule has 13 heavy (non-hydrogen) atoms. The van der Waals surface area contributed by atoms with Gasteiger partial charge < -0.3 is 11.5 Å². The Labute approximate surface area is 79.5 Å². The quantitative estimate of drug-likeness (QED) is 0.693. The van der Waals surface area contributed by atoms with Crippen LogP contribution in [-0.4, -0.2) is 11.7 Å². The number of ketones is 1. The largest absolute Gasteiger partial charge is 0.390 e. The van der Waals surface area contributed by atoms with Crippen LogP contribution in [0.4, 0.5) is 5.00 Å². The molecule has 0 aliphatic rings. The molecule has 0 saturated heterocycles. The zero-order chi connectivity index (χ0) is 10.2. The number of hydrogen-bond donors (Lipinski definition) is 2. The molecule has 0 bridgehead atoms. The molecule has 0 atom stereocenters. The van der Waals surface area contributed by atoms with E-state index in [1.165, 1.54) is 6.92 Å². The van der Waals surface area contributed by atoms with Crippen LogP contribution in [0.1, 0.15) is 32.5 Å². The van der Waals surface area contributed by atoms with Crippen LogP contribution in [0.3, 0.4) is 0 Å². The summed E-state index contributed by atoms with van der Waals surface area (Å²) in [7, 11) is 0. The molecule has 4 nitrogen and oxygen atoms in total. The van der Waals surface area contributed by atoms with Crippen LogP contribution >= 0.6 is 11.3 Å². The Bertz CT molecular complexity index is 382. The summed E-state index contributed by atoms with van der Waals surface area (Å²) in [5.74, 6) is -0.680. The highest BCUT2D eigenvalue weighted by Gasteiger charge is 2.18. The first-order valence-corrected chi connectivity index (χ1v) is 4.46. The predicted octanol–water partition coefficient (Wildman–Crippen LogP) is 0.940. The summed E-state index contributed by atoms with van der Waals surface area (Å²) in [5, 5.41) is 0.360. The molecular weight excluding hydrogens is 188 g/mol. The maximum Gasteiger partial charge on any atom is 0.259 e. The summed E-state index contributed by atoms with van der Waals surface area (Å²) in [6.07, 6.45) is 0. The molecule has 70 valence electrons. The number of Topliss-reactive ketones (excluding diaryl/α,β-unsaturated/α-hetero) is 1. The molecule has 0 aliphatic heterocycles.